The predicted octanol–water partition coefficient (Wildman–Crippen LogP) is 2.65. The van der Waals surface area contributed by atoms with E-state index >= 15 is 0 Å². The Morgan fingerprint density at radius 1 is 1.20 bits per heavy atom. The lowest BCUT2D eigenvalue weighted by atomic mass is 10.2. The normalized spacial score (nSPS) is 9.30. The summed E-state index contributed by atoms with van der Waals surface area (Å²) in [7, 11) is 0. The standard InChI is InChI=1S/C7H15NO2/c1-2-3-4-5-6-7-10-8-9/h2-7H2,1H3. The van der Waals surface area contributed by atoms with Crippen LogP contribution in [0, 0.1) is 4.91 Å². The molecule has 0 rings (SSSR count). The average Bonchev–Trinajstić information content (AvgIpc) is 1.97. The summed E-state index contributed by atoms with van der Waals surface area (Å²) in [6.45, 7) is 2.65. The number of hydrogen-bond acceptors (Lipinski definition) is 3. The van der Waals surface area contributed by atoms with Crippen molar-refractivity contribution in [3.05, 3.63) is 4.91 Å². The molecule has 0 fully saturated rings. The Morgan fingerprint density at radius 2 is 1.90 bits per heavy atom. The van der Waals surface area contributed by atoms with E-state index in [-0.39, 0.29) is 0 Å². The molecule has 0 aliphatic rings. The highest BCUT2D eigenvalue weighted by Crippen LogP contribution is 2.01. The molecule has 0 saturated carbocycles. The van der Waals surface area contributed by atoms with Gasteiger partial charge < -0.3 is 4.84 Å². The lowest BCUT2D eigenvalue weighted by Gasteiger charge is -1.95. The summed E-state index contributed by atoms with van der Waals surface area (Å²) in [6.07, 6.45) is 5.84. The monoisotopic (exact) mass is 145 g/mol. The van der Waals surface area contributed by atoms with Gasteiger partial charge in [0.1, 0.15) is 6.61 Å². The molecule has 3 nitrogen and oxygen atoms in total. The van der Waals surface area contributed by atoms with Crippen LogP contribution in [-0.2, 0) is 4.84 Å². The van der Waals surface area contributed by atoms with E-state index in [1.165, 1.54) is 19.3 Å². The van der Waals surface area contributed by atoms with Crippen LogP contribution in [0.25, 0.3) is 0 Å². The predicted molar refractivity (Wildman–Crippen MR) is 40.5 cm³/mol. The molecule has 0 radical (unpaired) electrons. The van der Waals surface area contributed by atoms with Crippen LogP contribution in [0.5, 0.6) is 0 Å². The van der Waals surface area contributed by atoms with E-state index in [4.69, 9.17) is 0 Å². The van der Waals surface area contributed by atoms with Crippen molar-refractivity contribution >= 4 is 0 Å². The van der Waals surface area contributed by atoms with Crippen LogP contribution < -0.4 is 0 Å². The Labute approximate surface area is 61.7 Å². The van der Waals surface area contributed by atoms with Crippen LogP contribution in [0.3, 0.4) is 0 Å². The third-order valence-electron chi connectivity index (χ3n) is 1.39. The Hall–Kier alpha value is -0.600. The molecule has 0 saturated heterocycles. The van der Waals surface area contributed by atoms with Crippen molar-refractivity contribution in [1.29, 1.82) is 0 Å². The van der Waals surface area contributed by atoms with E-state index in [0.29, 0.717) is 6.61 Å². The number of hydrogen-bond donors (Lipinski definition) is 0. The van der Waals surface area contributed by atoms with Crippen molar-refractivity contribution < 1.29 is 4.84 Å². The molecule has 0 aromatic rings. The fourth-order valence-corrected chi connectivity index (χ4v) is 0.807. The van der Waals surface area contributed by atoms with Gasteiger partial charge in [-0.2, -0.15) is 0 Å². The largest absolute Gasteiger partial charge is 0.364 e. The van der Waals surface area contributed by atoms with Crippen LogP contribution in [-0.4, -0.2) is 6.61 Å². The van der Waals surface area contributed by atoms with Crippen LogP contribution in [0.2, 0.25) is 0 Å². The van der Waals surface area contributed by atoms with Crippen LogP contribution in [0.1, 0.15) is 39.0 Å². The molecule has 0 aromatic heterocycles. The molecular weight excluding hydrogens is 130 g/mol. The lowest BCUT2D eigenvalue weighted by molar-refractivity contribution is 0.135. The van der Waals surface area contributed by atoms with E-state index in [9.17, 15) is 4.91 Å². The molecule has 0 atom stereocenters. The fraction of sp³-hybridized carbons (Fsp3) is 1.00. The average molecular weight is 145 g/mol. The minimum atomic E-state index is 0.479. The summed E-state index contributed by atoms with van der Waals surface area (Å²) < 4.78 is 0. The Bertz CT molecular complexity index is 76.0. The van der Waals surface area contributed by atoms with Gasteiger partial charge in [-0.1, -0.05) is 26.2 Å². The van der Waals surface area contributed by atoms with Crippen LogP contribution >= 0.6 is 0 Å². The summed E-state index contributed by atoms with van der Waals surface area (Å²) in [5.41, 5.74) is 0. The van der Waals surface area contributed by atoms with Crippen molar-refractivity contribution in [2.45, 2.75) is 39.0 Å². The highest BCUT2D eigenvalue weighted by atomic mass is 16.7. The zero-order valence-corrected chi connectivity index (χ0v) is 6.51. The summed E-state index contributed by atoms with van der Waals surface area (Å²) in [6, 6.07) is 0. The second kappa shape index (κ2) is 8.40. The molecular formula is C7H15NO2. The van der Waals surface area contributed by atoms with Gasteiger partial charge in [-0.05, 0) is 12.8 Å². The van der Waals surface area contributed by atoms with E-state index in [0.717, 1.165) is 12.8 Å². The Morgan fingerprint density at radius 3 is 2.50 bits per heavy atom. The number of unbranched alkanes of at least 4 members (excludes halogenated alkanes) is 4. The smallest absolute Gasteiger partial charge is 0.155 e. The highest BCUT2D eigenvalue weighted by Gasteiger charge is 1.88. The van der Waals surface area contributed by atoms with Gasteiger partial charge in [0.05, 0.1) is 0 Å². The SMILES string of the molecule is CCCCCCCON=O. The van der Waals surface area contributed by atoms with Gasteiger partial charge in [-0.25, -0.2) is 0 Å². The minimum Gasteiger partial charge on any atom is -0.364 e. The van der Waals surface area contributed by atoms with Gasteiger partial charge in [-0.15, -0.1) is 4.91 Å². The third-order valence-corrected chi connectivity index (χ3v) is 1.39. The zero-order chi connectivity index (χ0) is 7.66. The van der Waals surface area contributed by atoms with Gasteiger partial charge in [0, 0.05) is 0 Å². The van der Waals surface area contributed by atoms with Crippen molar-refractivity contribution in [1.82, 2.24) is 0 Å². The van der Waals surface area contributed by atoms with Crippen molar-refractivity contribution in [2.75, 3.05) is 6.61 Å². The fourth-order valence-electron chi connectivity index (χ4n) is 0.807. The Balaban J connectivity index is 2.70. The second-order valence-electron chi connectivity index (χ2n) is 2.32. The van der Waals surface area contributed by atoms with Crippen molar-refractivity contribution in [2.24, 2.45) is 5.34 Å². The maximum Gasteiger partial charge on any atom is 0.155 e. The molecule has 60 valence electrons. The second-order valence-corrected chi connectivity index (χ2v) is 2.32. The molecule has 0 heterocycles. The summed E-state index contributed by atoms with van der Waals surface area (Å²) in [5, 5.41) is 2.30. The van der Waals surface area contributed by atoms with Gasteiger partial charge in [0.2, 0.25) is 0 Å². The summed E-state index contributed by atoms with van der Waals surface area (Å²) in [4.78, 5) is 13.7. The molecule has 0 aromatic carbocycles. The first kappa shape index (κ1) is 9.40. The van der Waals surface area contributed by atoms with E-state index in [1.807, 2.05) is 0 Å². The molecule has 0 unspecified atom stereocenters. The van der Waals surface area contributed by atoms with Crippen LogP contribution in [0.4, 0.5) is 0 Å². The van der Waals surface area contributed by atoms with Crippen molar-refractivity contribution in [3.63, 3.8) is 0 Å². The van der Waals surface area contributed by atoms with E-state index in [2.05, 4.69) is 17.1 Å². The topological polar surface area (TPSA) is 38.7 Å². The molecule has 0 aliphatic carbocycles. The lowest BCUT2D eigenvalue weighted by Crippen LogP contribution is -1.86. The number of rotatable bonds is 7. The molecule has 0 bridgehead atoms. The molecule has 0 N–H and O–H groups in total. The van der Waals surface area contributed by atoms with Gasteiger partial charge >= 0.3 is 0 Å². The van der Waals surface area contributed by atoms with Crippen LogP contribution in [0.15, 0.2) is 5.34 Å². The Kier molecular flexibility index (Phi) is 7.90. The minimum absolute atomic E-state index is 0.479. The summed E-state index contributed by atoms with van der Waals surface area (Å²) >= 11 is 0. The van der Waals surface area contributed by atoms with Crippen molar-refractivity contribution in [3.8, 4) is 0 Å². The van der Waals surface area contributed by atoms with Gasteiger partial charge in [-0.3, -0.25) is 0 Å². The third kappa shape index (κ3) is 7.40. The molecule has 0 amide bonds. The molecule has 10 heavy (non-hydrogen) atoms. The van der Waals surface area contributed by atoms with E-state index < -0.39 is 0 Å². The highest BCUT2D eigenvalue weighted by molar-refractivity contribution is 4.40. The quantitative estimate of drug-likeness (QED) is 0.314. The first-order valence-corrected chi connectivity index (χ1v) is 3.86. The first-order valence-electron chi connectivity index (χ1n) is 3.86. The summed E-state index contributed by atoms with van der Waals surface area (Å²) in [5.74, 6) is 0. The first-order chi connectivity index (χ1) is 4.91. The molecule has 0 spiro atoms. The number of nitrogens with zero attached hydrogens (tertiary/aromatic N) is 1. The molecule has 3 heteroatoms. The maximum atomic E-state index is 9.42. The maximum absolute atomic E-state index is 9.42. The van der Waals surface area contributed by atoms with Gasteiger partial charge in [0.25, 0.3) is 0 Å². The van der Waals surface area contributed by atoms with Gasteiger partial charge in [0.15, 0.2) is 5.34 Å². The molecule has 0 aliphatic heterocycles. The van der Waals surface area contributed by atoms with E-state index in [1.54, 1.807) is 0 Å². The zero-order valence-electron chi connectivity index (χ0n) is 6.51.